The second-order valence-corrected chi connectivity index (χ2v) is 29.1. The van der Waals surface area contributed by atoms with Gasteiger partial charge in [0.15, 0.2) is 11.6 Å². The summed E-state index contributed by atoms with van der Waals surface area (Å²) in [6.45, 7) is 22.8. The molecule has 0 spiro atoms. The van der Waals surface area contributed by atoms with Crippen LogP contribution in [0, 0.1) is 0 Å². The van der Waals surface area contributed by atoms with E-state index in [1.165, 1.54) is 27.9 Å². The van der Waals surface area contributed by atoms with Gasteiger partial charge in [-0.2, -0.15) is 4.98 Å². The van der Waals surface area contributed by atoms with Gasteiger partial charge in [0, 0.05) is 137 Å². The number of hydrogen-bond donors (Lipinski definition) is 7. The number of halogens is 5. The molecule has 0 radical (unpaired) electrons. The van der Waals surface area contributed by atoms with Crippen molar-refractivity contribution >= 4 is 160 Å². The van der Waals surface area contributed by atoms with Gasteiger partial charge in [-0.1, -0.05) is 85.9 Å². The number of nitrogens with zero attached hydrogens (tertiary/aromatic N) is 8. The largest absolute Gasteiger partial charge is 0.488 e. The summed E-state index contributed by atoms with van der Waals surface area (Å²) in [6, 6.07) is 47.5. The fraction of sp³-hybridized carbons (Fsp3) is 0.169. The summed E-state index contributed by atoms with van der Waals surface area (Å²) in [6.07, 6.45) is 30.1. The molecule has 115 heavy (non-hydrogen) atoms. The molecule has 5 aromatic carbocycles. The Morgan fingerprint density at radius 1 is 0.409 bits per heavy atom. The second-order valence-electron chi connectivity index (χ2n) is 27.0. The number of furan rings is 1. The highest BCUT2D eigenvalue weighted by Gasteiger charge is 2.14. The van der Waals surface area contributed by atoms with E-state index in [1.807, 2.05) is 285 Å². The Morgan fingerprint density at radius 3 is 1.39 bits per heavy atom. The number of anilines is 10. The molecule has 15 aromatic rings. The van der Waals surface area contributed by atoms with Crippen molar-refractivity contribution < 1.29 is 28.1 Å². The van der Waals surface area contributed by atoms with Crippen LogP contribution in [0.15, 0.2) is 283 Å². The summed E-state index contributed by atoms with van der Waals surface area (Å²) >= 11 is 30.9. The minimum absolute atomic E-state index is 0.449. The number of nitrogens with one attached hydrogen (secondary N) is 7. The van der Waals surface area contributed by atoms with Crippen LogP contribution in [0.3, 0.4) is 0 Å². The Hall–Kier alpha value is -12.4. The Morgan fingerprint density at radius 2 is 0.861 bits per heavy atom. The molecule has 0 aliphatic rings. The van der Waals surface area contributed by atoms with Crippen LogP contribution in [0.5, 0.6) is 28.7 Å². The molecule has 0 atom stereocenters. The van der Waals surface area contributed by atoms with Gasteiger partial charge in [0.25, 0.3) is 0 Å². The maximum atomic E-state index is 6.20. The average Bonchev–Trinajstić information content (AvgIpc) is 1.79. The third-order valence-corrected chi connectivity index (χ3v) is 18.2. The zero-order chi connectivity index (χ0) is 81.2. The predicted octanol–water partition coefficient (Wildman–Crippen LogP) is 25.7. The zero-order valence-electron chi connectivity index (χ0n) is 65.1. The molecule has 0 bridgehead atoms. The summed E-state index contributed by atoms with van der Waals surface area (Å²) < 4.78 is 37.8. The van der Waals surface area contributed by atoms with Crippen LogP contribution in [-0.2, 0) is 0 Å². The first kappa shape index (κ1) is 83.6. The summed E-state index contributed by atoms with van der Waals surface area (Å²) in [4.78, 5) is 32.5. The van der Waals surface area contributed by atoms with E-state index in [0.29, 0.717) is 98.6 Å². The standard InChI is InChI=1S/4C18H18ClN3O.C17H16ClN3O2/c1-12(2)7-10-23-16-11-14(3-4-15(16)19)22-18-17-13(5-8-20-17)6-9-21-18;1-12(2)7-10-23-17-11-13(3-4-15(17)19)22-18-14-5-8-20-16(14)6-9-21-18;1-13(2)8-11-23-17-12-14(5-6-16(17)19)21-18-20-9-7-15-4-3-10-22(15)18;1-13(2)7-11-23-17-12-14(5-6-15(17)19)21-18-16-4-3-9-22(16)10-8-20-18;1-11(2)5-7-22-15-9-13(3-4-14(15)18)20-17-19-10-12-6-8-23-16(12)21-17/h2*3-9,11,20H,10H2,1-2H3,(H,21,22);2*3-10,12H,11H2,1-2H3,(H,20,21);3-6,8-10H,7H2,1-2H3,(H,19,20,21). The van der Waals surface area contributed by atoms with Gasteiger partial charge in [0.1, 0.15) is 67.6 Å². The fourth-order valence-electron chi connectivity index (χ4n) is 10.7. The molecule has 10 aromatic heterocycles. The van der Waals surface area contributed by atoms with E-state index < -0.39 is 0 Å². The van der Waals surface area contributed by atoms with Crippen LogP contribution < -0.4 is 50.3 Å². The molecule has 0 amide bonds. The van der Waals surface area contributed by atoms with Crippen molar-refractivity contribution in [2.24, 2.45) is 0 Å². The monoisotopic (exact) mass is 1640 g/mol. The first-order valence-corrected chi connectivity index (χ1v) is 38.6. The topological polar surface area (TPSA) is 237 Å². The van der Waals surface area contributed by atoms with Gasteiger partial charge in [0.2, 0.25) is 17.6 Å². The Labute approximate surface area is 692 Å². The molecule has 15 rings (SSSR count). The van der Waals surface area contributed by atoms with Crippen LogP contribution in [0.4, 0.5) is 57.8 Å². The maximum absolute atomic E-state index is 6.20. The molecule has 0 saturated heterocycles. The van der Waals surface area contributed by atoms with Crippen molar-refractivity contribution in [3.05, 3.63) is 303 Å². The van der Waals surface area contributed by atoms with Crippen LogP contribution in [-0.4, -0.2) is 81.7 Å². The van der Waals surface area contributed by atoms with Crippen molar-refractivity contribution in [3.63, 3.8) is 0 Å². The number of pyridine rings is 2. The molecule has 0 aliphatic carbocycles. The lowest BCUT2D eigenvalue weighted by Crippen LogP contribution is -2.01. The van der Waals surface area contributed by atoms with Crippen LogP contribution in [0.2, 0.25) is 25.1 Å². The van der Waals surface area contributed by atoms with E-state index in [9.17, 15) is 0 Å². The first-order chi connectivity index (χ1) is 55.6. The number of hydrogen-bond acceptors (Lipinski definition) is 17. The molecular formula is C89H88Cl5N15O6. The molecule has 21 nitrogen and oxygen atoms in total. The van der Waals surface area contributed by atoms with Crippen molar-refractivity contribution in [2.75, 3.05) is 59.6 Å². The molecule has 0 saturated carbocycles. The molecule has 7 N–H and O–H groups in total. The number of fused-ring (bicyclic) bond motifs is 5. The highest BCUT2D eigenvalue weighted by molar-refractivity contribution is 6.33. The van der Waals surface area contributed by atoms with Crippen LogP contribution >= 0.6 is 58.0 Å². The molecule has 590 valence electrons. The van der Waals surface area contributed by atoms with E-state index >= 15 is 0 Å². The smallest absolute Gasteiger partial charge is 0.230 e. The first-order valence-electron chi connectivity index (χ1n) is 36.7. The molecule has 0 unspecified atom stereocenters. The van der Waals surface area contributed by atoms with Gasteiger partial charge in [-0.05, 0) is 221 Å². The van der Waals surface area contributed by atoms with Gasteiger partial charge in [-0.15, -0.1) is 0 Å². The van der Waals surface area contributed by atoms with E-state index in [4.69, 9.17) is 86.1 Å². The number of allylic oxidation sites excluding steroid dienone is 5. The number of benzene rings is 5. The van der Waals surface area contributed by atoms with Gasteiger partial charge < -0.3 is 69.1 Å². The van der Waals surface area contributed by atoms with E-state index in [1.54, 1.807) is 43.3 Å². The second kappa shape index (κ2) is 41.4. The zero-order valence-corrected chi connectivity index (χ0v) is 68.9. The fourth-order valence-corrected chi connectivity index (χ4v) is 11.6. The molecule has 0 fully saturated rings. The van der Waals surface area contributed by atoms with Crippen molar-refractivity contribution in [2.45, 2.75) is 69.2 Å². The van der Waals surface area contributed by atoms with Crippen LogP contribution in [0.25, 0.3) is 43.9 Å². The molecule has 0 aliphatic heterocycles. The SMILES string of the molecule is CC(C)=CCOc1cc(Nc2ncc3ccoc3n2)ccc1Cl.CC(C)=CCOc1cc(Nc2nccc3[nH]ccc23)ccc1Cl.CC(C)=CCOc1cc(Nc2nccc3cc[nH]c23)ccc1Cl.CC(C)=CCOc1cc(Nc2nccc3cccn23)ccc1Cl.CC(C)=CCOc1cc(Nc2nccn3cccc23)ccc1Cl. The quantitative estimate of drug-likeness (QED) is 0.0263. The predicted molar refractivity (Wildman–Crippen MR) is 473 cm³/mol. The number of ether oxygens (including phenoxy) is 5. The van der Waals surface area contributed by atoms with E-state index in [2.05, 4.69) is 66.5 Å². The van der Waals surface area contributed by atoms with Crippen molar-refractivity contribution in [3.8, 4) is 28.7 Å². The lowest BCUT2D eigenvalue weighted by atomic mass is 10.2. The van der Waals surface area contributed by atoms with Crippen LogP contribution in [0.1, 0.15) is 69.2 Å². The van der Waals surface area contributed by atoms with E-state index in [-0.39, 0.29) is 0 Å². The van der Waals surface area contributed by atoms with Crippen molar-refractivity contribution in [1.82, 2.24) is 48.7 Å². The van der Waals surface area contributed by atoms with Gasteiger partial charge >= 0.3 is 0 Å². The lowest BCUT2D eigenvalue weighted by Gasteiger charge is -2.11. The Balaban J connectivity index is 0.000000142. The minimum Gasteiger partial charge on any atom is -0.488 e. The average molecular weight is 1640 g/mol. The van der Waals surface area contributed by atoms with Gasteiger partial charge in [0.05, 0.1) is 53.3 Å². The van der Waals surface area contributed by atoms with E-state index in [0.717, 1.165) is 90.1 Å². The summed E-state index contributed by atoms with van der Waals surface area (Å²) in [5.74, 6) is 6.73. The highest BCUT2D eigenvalue weighted by Crippen LogP contribution is 2.36. The number of H-pyrrole nitrogens is 2. The maximum Gasteiger partial charge on any atom is 0.230 e. The molecular weight excluding hydrogens is 1550 g/mol. The molecule has 26 heteroatoms. The summed E-state index contributed by atoms with van der Waals surface area (Å²) in [7, 11) is 0. The third kappa shape index (κ3) is 24.8. The summed E-state index contributed by atoms with van der Waals surface area (Å²) in [5, 5.41) is 22.3. The molecule has 10 heterocycles. The number of aromatic nitrogens is 10. The lowest BCUT2D eigenvalue weighted by molar-refractivity contribution is 0.362. The van der Waals surface area contributed by atoms with Crippen molar-refractivity contribution in [1.29, 1.82) is 0 Å². The normalized spacial score (nSPS) is 10.6. The summed E-state index contributed by atoms with van der Waals surface area (Å²) in [5.41, 5.74) is 14.9. The minimum atomic E-state index is 0.449. The Bertz CT molecular complexity index is 5350. The van der Waals surface area contributed by atoms with Gasteiger partial charge in [-0.3, -0.25) is 4.40 Å². The Kier molecular flexibility index (Phi) is 30.1. The number of aromatic amines is 2. The number of rotatable bonds is 25. The van der Waals surface area contributed by atoms with Gasteiger partial charge in [-0.25, -0.2) is 24.9 Å². The highest BCUT2D eigenvalue weighted by atomic mass is 35.5. The third-order valence-electron chi connectivity index (χ3n) is 16.7.